The van der Waals surface area contributed by atoms with Gasteiger partial charge >= 0.3 is 0 Å². The topological polar surface area (TPSA) is 71.1 Å². The van der Waals surface area contributed by atoms with E-state index in [1.54, 1.807) is 6.20 Å². The normalized spacial score (nSPS) is 16.2. The zero-order valence-electron chi connectivity index (χ0n) is 13.5. The van der Waals surface area contributed by atoms with E-state index in [0.29, 0.717) is 12.1 Å². The molecule has 2 heterocycles. The zero-order valence-corrected chi connectivity index (χ0v) is 13.5. The number of anilines is 2. The Morgan fingerprint density at radius 3 is 2.88 bits per heavy atom. The zero-order chi connectivity index (χ0) is 17.2. The number of hydrogen-bond donors (Lipinski definition) is 2. The molecule has 124 valence electrons. The molecule has 0 bridgehead atoms. The summed E-state index contributed by atoms with van der Waals surface area (Å²) in [5.41, 5.74) is 3.36. The monoisotopic (exact) mass is 331 g/mol. The van der Waals surface area contributed by atoms with E-state index in [0.717, 1.165) is 22.2 Å². The van der Waals surface area contributed by atoms with Crippen LogP contribution in [0, 0.1) is 0 Å². The van der Waals surface area contributed by atoms with Crippen LogP contribution in [-0.2, 0) is 9.59 Å². The molecule has 1 aromatic heterocycles. The maximum atomic E-state index is 12.5. The molecule has 4 rings (SSSR count). The minimum absolute atomic E-state index is 0.0520. The minimum atomic E-state index is -0.119. The van der Waals surface area contributed by atoms with Crippen LogP contribution in [0.15, 0.2) is 60.8 Å². The lowest BCUT2D eigenvalue weighted by Crippen LogP contribution is -2.26. The second-order valence-electron chi connectivity index (χ2n) is 6.21. The number of aromatic nitrogens is 1. The van der Waals surface area contributed by atoms with Gasteiger partial charge < -0.3 is 10.6 Å². The second kappa shape index (κ2) is 6.36. The Hall–Kier alpha value is -3.21. The van der Waals surface area contributed by atoms with Crippen LogP contribution < -0.4 is 10.6 Å². The highest BCUT2D eigenvalue weighted by Crippen LogP contribution is 2.34. The first-order chi connectivity index (χ1) is 12.2. The molecule has 0 spiro atoms. The molecule has 1 aliphatic heterocycles. The van der Waals surface area contributed by atoms with Crippen molar-refractivity contribution in [1.29, 1.82) is 0 Å². The van der Waals surface area contributed by atoms with Crippen molar-refractivity contribution in [1.82, 2.24) is 4.98 Å². The molecule has 1 unspecified atom stereocenters. The molecule has 2 aromatic carbocycles. The largest absolute Gasteiger partial charge is 0.326 e. The molecule has 25 heavy (non-hydrogen) atoms. The van der Waals surface area contributed by atoms with Crippen LogP contribution in [0.2, 0.25) is 0 Å². The summed E-state index contributed by atoms with van der Waals surface area (Å²) in [4.78, 5) is 28.7. The lowest BCUT2D eigenvalue weighted by molar-refractivity contribution is -0.118. The quantitative estimate of drug-likeness (QED) is 0.769. The van der Waals surface area contributed by atoms with Gasteiger partial charge in [-0.3, -0.25) is 14.6 Å². The van der Waals surface area contributed by atoms with E-state index >= 15 is 0 Å². The van der Waals surface area contributed by atoms with E-state index in [9.17, 15) is 9.59 Å². The molecule has 0 saturated carbocycles. The van der Waals surface area contributed by atoms with Gasteiger partial charge in [0.25, 0.3) is 0 Å². The number of hydrogen-bond acceptors (Lipinski definition) is 3. The number of amides is 2. The molecule has 0 fully saturated rings. The van der Waals surface area contributed by atoms with Gasteiger partial charge in [-0.15, -0.1) is 0 Å². The smallest absolute Gasteiger partial charge is 0.225 e. The fourth-order valence-corrected chi connectivity index (χ4v) is 3.26. The molecular weight excluding hydrogens is 314 g/mol. The number of nitrogens with zero attached hydrogens (tertiary/aromatic N) is 1. The minimum Gasteiger partial charge on any atom is -0.326 e. The van der Waals surface area contributed by atoms with Crippen molar-refractivity contribution in [2.75, 3.05) is 10.6 Å². The van der Waals surface area contributed by atoms with Crippen molar-refractivity contribution < 1.29 is 9.59 Å². The first-order valence-corrected chi connectivity index (χ1v) is 8.22. The Bertz CT molecular complexity index is 968. The number of benzene rings is 2. The molecule has 0 radical (unpaired) electrons. The van der Waals surface area contributed by atoms with Gasteiger partial charge in [-0.1, -0.05) is 36.4 Å². The Balaban J connectivity index is 1.51. The Morgan fingerprint density at radius 1 is 1.16 bits per heavy atom. The summed E-state index contributed by atoms with van der Waals surface area (Å²) in [5.74, 6) is -0.283. The molecule has 1 atom stereocenters. The van der Waals surface area contributed by atoms with Crippen LogP contribution in [0.4, 0.5) is 11.4 Å². The van der Waals surface area contributed by atoms with Gasteiger partial charge in [-0.25, -0.2) is 0 Å². The highest BCUT2D eigenvalue weighted by atomic mass is 16.2. The van der Waals surface area contributed by atoms with E-state index < -0.39 is 0 Å². The predicted molar refractivity (Wildman–Crippen MR) is 97.4 cm³/mol. The summed E-state index contributed by atoms with van der Waals surface area (Å²) in [6, 6.07) is 17.3. The number of rotatable bonds is 3. The second-order valence-corrected chi connectivity index (χ2v) is 6.21. The highest BCUT2D eigenvalue weighted by Gasteiger charge is 2.26. The molecule has 0 aliphatic carbocycles. The third-order valence-corrected chi connectivity index (χ3v) is 4.41. The van der Waals surface area contributed by atoms with Crippen molar-refractivity contribution in [3.8, 4) is 0 Å². The van der Waals surface area contributed by atoms with Crippen molar-refractivity contribution in [2.24, 2.45) is 0 Å². The number of carbonyl (C=O) groups excluding carboxylic acids is 2. The third kappa shape index (κ3) is 3.21. The summed E-state index contributed by atoms with van der Waals surface area (Å²) in [6.07, 6.45) is 2.24. The molecule has 1 aliphatic rings. The average Bonchev–Trinajstić information content (AvgIpc) is 2.61. The van der Waals surface area contributed by atoms with Crippen molar-refractivity contribution in [2.45, 2.75) is 18.8 Å². The Kier molecular flexibility index (Phi) is 3.90. The van der Waals surface area contributed by atoms with E-state index in [1.807, 2.05) is 54.6 Å². The van der Waals surface area contributed by atoms with Crippen molar-refractivity contribution in [3.63, 3.8) is 0 Å². The molecular formula is C20H17N3O2. The average molecular weight is 331 g/mol. The summed E-state index contributed by atoms with van der Waals surface area (Å²) in [5, 5.41) is 6.72. The number of para-hydroxylation sites is 2. The van der Waals surface area contributed by atoms with Gasteiger partial charge in [0.2, 0.25) is 11.8 Å². The van der Waals surface area contributed by atoms with Crippen molar-refractivity contribution in [3.05, 3.63) is 66.4 Å². The SMILES string of the molecule is O=C(CC1CC(=O)Nc2ccccc21)Nc1cnc2ccccc2c1. The number of fused-ring (bicyclic) bond motifs is 2. The van der Waals surface area contributed by atoms with Gasteiger partial charge in [-0.05, 0) is 23.8 Å². The predicted octanol–water partition coefficient (Wildman–Crippen LogP) is 3.69. The van der Waals surface area contributed by atoms with Crippen molar-refractivity contribution >= 4 is 34.1 Å². The maximum Gasteiger partial charge on any atom is 0.225 e. The molecule has 5 nitrogen and oxygen atoms in total. The highest BCUT2D eigenvalue weighted by molar-refractivity contribution is 5.97. The van der Waals surface area contributed by atoms with Crippen LogP contribution in [-0.4, -0.2) is 16.8 Å². The van der Waals surface area contributed by atoms with Gasteiger partial charge in [0.05, 0.1) is 17.4 Å². The maximum absolute atomic E-state index is 12.5. The lowest BCUT2D eigenvalue weighted by atomic mass is 9.88. The number of pyridine rings is 1. The number of carbonyl (C=O) groups is 2. The van der Waals surface area contributed by atoms with E-state index in [2.05, 4.69) is 15.6 Å². The molecule has 2 amide bonds. The lowest BCUT2D eigenvalue weighted by Gasteiger charge is -2.25. The fraction of sp³-hybridized carbons (Fsp3) is 0.150. The third-order valence-electron chi connectivity index (χ3n) is 4.41. The van der Waals surface area contributed by atoms with E-state index in [-0.39, 0.29) is 24.2 Å². The first kappa shape index (κ1) is 15.3. The van der Waals surface area contributed by atoms with Crippen LogP contribution in [0.5, 0.6) is 0 Å². The Morgan fingerprint density at radius 2 is 1.96 bits per heavy atom. The Labute approximate surface area is 145 Å². The van der Waals surface area contributed by atoms with Crippen LogP contribution in [0.3, 0.4) is 0 Å². The van der Waals surface area contributed by atoms with Crippen LogP contribution in [0.1, 0.15) is 24.3 Å². The van der Waals surface area contributed by atoms with Gasteiger partial charge in [0.1, 0.15) is 0 Å². The summed E-state index contributed by atoms with van der Waals surface area (Å²) in [7, 11) is 0. The molecule has 2 N–H and O–H groups in total. The van der Waals surface area contributed by atoms with Gasteiger partial charge in [-0.2, -0.15) is 0 Å². The first-order valence-electron chi connectivity index (χ1n) is 8.22. The summed E-state index contributed by atoms with van der Waals surface area (Å²) in [6.45, 7) is 0. The van der Waals surface area contributed by atoms with Gasteiger partial charge in [0.15, 0.2) is 0 Å². The summed E-state index contributed by atoms with van der Waals surface area (Å²) >= 11 is 0. The molecule has 0 saturated heterocycles. The van der Waals surface area contributed by atoms with Crippen LogP contribution in [0.25, 0.3) is 10.9 Å². The fourth-order valence-electron chi connectivity index (χ4n) is 3.26. The molecule has 5 heteroatoms. The van der Waals surface area contributed by atoms with E-state index in [1.165, 1.54) is 0 Å². The molecule has 3 aromatic rings. The standard InChI is InChI=1S/C20H17N3O2/c24-19(22-15-9-13-5-1-3-7-17(13)21-12-15)10-14-11-20(25)23-18-8-4-2-6-16(14)18/h1-9,12,14H,10-11H2,(H,22,24)(H,23,25). The van der Waals surface area contributed by atoms with Gasteiger partial charge in [0, 0.05) is 29.8 Å². The van der Waals surface area contributed by atoms with Crippen LogP contribution >= 0.6 is 0 Å². The summed E-state index contributed by atoms with van der Waals surface area (Å²) < 4.78 is 0. The van der Waals surface area contributed by atoms with E-state index in [4.69, 9.17) is 0 Å². The number of nitrogens with one attached hydrogen (secondary N) is 2.